The molecule has 0 bridgehead atoms. The minimum absolute atomic E-state index is 0.0536. The smallest absolute Gasteiger partial charge is 0.319 e. The number of unbranched alkanes of at least 4 members (excludes halogenated alkanes) is 1. The van der Waals surface area contributed by atoms with E-state index in [1.165, 1.54) is 12.1 Å². The Labute approximate surface area is 153 Å². The molecule has 0 spiro atoms. The fraction of sp³-hybridized carbons (Fsp3) is 0.381. The number of amides is 2. The van der Waals surface area contributed by atoms with E-state index >= 15 is 0 Å². The Balaban J connectivity index is 1.47. The minimum Gasteiger partial charge on any atom is -0.494 e. The van der Waals surface area contributed by atoms with Gasteiger partial charge in [-0.2, -0.15) is 0 Å². The molecule has 138 valence electrons. The Hall–Kier alpha value is -2.56. The Bertz CT molecular complexity index is 725. The van der Waals surface area contributed by atoms with E-state index in [9.17, 15) is 9.18 Å². The van der Waals surface area contributed by atoms with Crippen molar-refractivity contribution in [1.29, 1.82) is 0 Å². The highest BCUT2D eigenvalue weighted by molar-refractivity contribution is 5.89. The molecular weight excluding hydrogens is 331 g/mol. The van der Waals surface area contributed by atoms with E-state index < -0.39 is 0 Å². The third-order valence-electron chi connectivity index (χ3n) is 4.78. The third kappa shape index (κ3) is 4.75. The van der Waals surface area contributed by atoms with Crippen LogP contribution in [0.25, 0.3) is 0 Å². The monoisotopic (exact) mass is 356 g/mol. The van der Waals surface area contributed by atoms with Gasteiger partial charge in [0, 0.05) is 17.6 Å². The highest BCUT2D eigenvalue weighted by Gasteiger charge is 2.44. The maximum absolute atomic E-state index is 13.1. The molecular formula is C21H25FN2O2. The second kappa shape index (κ2) is 8.21. The number of halogens is 1. The standard InChI is InChI=1S/C21H25FN2O2/c1-2-3-14-26-19-10-8-18(9-11-19)24-20(25)23-15-21(12-13-21)16-4-6-17(22)7-5-16/h4-11H,2-3,12-15H2,1H3,(H2,23,24,25). The predicted molar refractivity (Wildman–Crippen MR) is 101 cm³/mol. The largest absolute Gasteiger partial charge is 0.494 e. The van der Waals surface area contributed by atoms with Crippen molar-refractivity contribution in [3.8, 4) is 5.75 Å². The van der Waals surface area contributed by atoms with Gasteiger partial charge < -0.3 is 15.4 Å². The van der Waals surface area contributed by atoms with Crippen molar-refractivity contribution < 1.29 is 13.9 Å². The number of hydrogen-bond donors (Lipinski definition) is 2. The van der Waals surface area contributed by atoms with Crippen LogP contribution in [0.3, 0.4) is 0 Å². The number of benzene rings is 2. The highest BCUT2D eigenvalue weighted by atomic mass is 19.1. The topological polar surface area (TPSA) is 50.4 Å². The van der Waals surface area contributed by atoms with Gasteiger partial charge in [-0.05, 0) is 61.2 Å². The van der Waals surface area contributed by atoms with Crippen LogP contribution in [0.15, 0.2) is 48.5 Å². The summed E-state index contributed by atoms with van der Waals surface area (Å²) in [5.74, 6) is 0.565. The lowest BCUT2D eigenvalue weighted by molar-refractivity contribution is 0.251. The number of urea groups is 1. The number of nitrogens with one attached hydrogen (secondary N) is 2. The van der Waals surface area contributed by atoms with Gasteiger partial charge >= 0.3 is 6.03 Å². The Kier molecular flexibility index (Phi) is 5.76. The van der Waals surface area contributed by atoms with E-state index in [1.807, 2.05) is 24.3 Å². The Morgan fingerprint density at radius 3 is 2.42 bits per heavy atom. The number of rotatable bonds is 8. The molecule has 2 N–H and O–H groups in total. The molecule has 0 aromatic heterocycles. The molecule has 1 saturated carbocycles. The first-order chi connectivity index (χ1) is 12.6. The van der Waals surface area contributed by atoms with E-state index in [1.54, 1.807) is 12.1 Å². The van der Waals surface area contributed by atoms with Gasteiger partial charge in [0.1, 0.15) is 11.6 Å². The van der Waals surface area contributed by atoms with Gasteiger partial charge in [-0.3, -0.25) is 0 Å². The van der Waals surface area contributed by atoms with Crippen LogP contribution >= 0.6 is 0 Å². The molecule has 1 aliphatic carbocycles. The summed E-state index contributed by atoms with van der Waals surface area (Å²) >= 11 is 0. The SMILES string of the molecule is CCCCOc1ccc(NC(=O)NCC2(c3ccc(F)cc3)CC2)cc1. The summed E-state index contributed by atoms with van der Waals surface area (Å²) in [6.45, 7) is 3.37. The lowest BCUT2D eigenvalue weighted by atomic mass is 9.96. The van der Waals surface area contributed by atoms with Gasteiger partial charge in [0.2, 0.25) is 0 Å². The van der Waals surface area contributed by atoms with Gasteiger partial charge in [-0.15, -0.1) is 0 Å². The molecule has 1 aliphatic rings. The molecule has 0 unspecified atom stereocenters. The van der Waals surface area contributed by atoms with Crippen molar-refractivity contribution in [3.63, 3.8) is 0 Å². The quantitative estimate of drug-likeness (QED) is 0.664. The maximum Gasteiger partial charge on any atom is 0.319 e. The Morgan fingerprint density at radius 2 is 1.81 bits per heavy atom. The minimum atomic E-state index is -0.239. The fourth-order valence-electron chi connectivity index (χ4n) is 2.92. The van der Waals surface area contributed by atoms with E-state index in [4.69, 9.17) is 4.74 Å². The number of carbonyl (C=O) groups excluding carboxylic acids is 1. The first-order valence-corrected chi connectivity index (χ1v) is 9.15. The number of hydrogen-bond acceptors (Lipinski definition) is 2. The highest BCUT2D eigenvalue weighted by Crippen LogP contribution is 2.47. The van der Waals surface area contributed by atoms with Crippen LogP contribution in [0, 0.1) is 5.82 Å². The van der Waals surface area contributed by atoms with Crippen molar-refractivity contribution in [3.05, 3.63) is 59.9 Å². The maximum atomic E-state index is 13.1. The number of ether oxygens (including phenoxy) is 1. The molecule has 4 nitrogen and oxygen atoms in total. The van der Waals surface area contributed by atoms with Crippen molar-refractivity contribution >= 4 is 11.7 Å². The molecule has 0 saturated heterocycles. The van der Waals surface area contributed by atoms with Crippen LogP contribution in [-0.2, 0) is 5.41 Å². The summed E-state index contributed by atoms with van der Waals surface area (Å²) in [6.07, 6.45) is 4.13. The van der Waals surface area contributed by atoms with Gasteiger partial charge in [-0.1, -0.05) is 25.5 Å². The second-order valence-electron chi connectivity index (χ2n) is 6.82. The average molecular weight is 356 g/mol. The number of anilines is 1. The molecule has 0 heterocycles. The Morgan fingerprint density at radius 1 is 1.12 bits per heavy atom. The van der Waals surface area contributed by atoms with Crippen molar-refractivity contribution in [2.45, 2.75) is 38.0 Å². The van der Waals surface area contributed by atoms with E-state index in [2.05, 4.69) is 17.6 Å². The van der Waals surface area contributed by atoms with Crippen molar-refractivity contribution in [2.24, 2.45) is 0 Å². The molecule has 26 heavy (non-hydrogen) atoms. The summed E-state index contributed by atoms with van der Waals surface area (Å²) in [6, 6.07) is 13.7. The summed E-state index contributed by atoms with van der Waals surface area (Å²) in [4.78, 5) is 12.2. The van der Waals surface area contributed by atoms with Crippen molar-refractivity contribution in [2.75, 3.05) is 18.5 Å². The summed E-state index contributed by atoms with van der Waals surface area (Å²) < 4.78 is 18.7. The van der Waals surface area contributed by atoms with Gasteiger partial charge in [0.15, 0.2) is 0 Å². The van der Waals surface area contributed by atoms with Crippen molar-refractivity contribution in [1.82, 2.24) is 5.32 Å². The van der Waals surface area contributed by atoms with Gasteiger partial charge in [0.05, 0.1) is 6.61 Å². The zero-order valence-corrected chi connectivity index (χ0v) is 15.1. The third-order valence-corrected chi connectivity index (χ3v) is 4.78. The van der Waals surface area contributed by atoms with Crippen LogP contribution in [0.1, 0.15) is 38.2 Å². The molecule has 2 aromatic carbocycles. The van der Waals surface area contributed by atoms with Crippen LogP contribution < -0.4 is 15.4 Å². The lowest BCUT2D eigenvalue weighted by Crippen LogP contribution is -2.35. The first kappa shape index (κ1) is 18.2. The van der Waals surface area contributed by atoms with Crippen LogP contribution in [0.5, 0.6) is 5.75 Å². The zero-order chi connectivity index (χ0) is 18.4. The fourth-order valence-corrected chi connectivity index (χ4v) is 2.92. The number of carbonyl (C=O) groups is 1. The van der Waals surface area contributed by atoms with Crippen LogP contribution in [-0.4, -0.2) is 19.2 Å². The van der Waals surface area contributed by atoms with Gasteiger partial charge in [-0.25, -0.2) is 9.18 Å². The predicted octanol–water partition coefficient (Wildman–Crippen LogP) is 4.86. The summed E-state index contributed by atoms with van der Waals surface area (Å²) in [5, 5.41) is 5.76. The zero-order valence-electron chi connectivity index (χ0n) is 15.1. The first-order valence-electron chi connectivity index (χ1n) is 9.15. The molecule has 0 atom stereocenters. The van der Waals surface area contributed by atoms with E-state index in [0.717, 1.165) is 42.7 Å². The molecule has 1 fully saturated rings. The molecule has 2 aromatic rings. The summed E-state index contributed by atoms with van der Waals surface area (Å²) in [7, 11) is 0. The molecule has 2 amide bonds. The molecule has 0 aliphatic heterocycles. The van der Waals surface area contributed by atoms with Crippen LogP contribution in [0.4, 0.5) is 14.9 Å². The normalized spacial score (nSPS) is 14.5. The van der Waals surface area contributed by atoms with Crippen LogP contribution in [0.2, 0.25) is 0 Å². The second-order valence-corrected chi connectivity index (χ2v) is 6.82. The average Bonchev–Trinajstić information content (AvgIpc) is 3.43. The molecule has 0 radical (unpaired) electrons. The van der Waals surface area contributed by atoms with E-state index in [-0.39, 0.29) is 17.3 Å². The van der Waals surface area contributed by atoms with Gasteiger partial charge in [0.25, 0.3) is 0 Å². The molecule has 3 rings (SSSR count). The summed E-state index contributed by atoms with van der Waals surface area (Å²) in [5.41, 5.74) is 1.74. The van der Waals surface area contributed by atoms with E-state index in [0.29, 0.717) is 13.2 Å². The lowest BCUT2D eigenvalue weighted by Gasteiger charge is -2.17. The molecule has 5 heteroatoms.